The predicted molar refractivity (Wildman–Crippen MR) is 73.6 cm³/mol. The summed E-state index contributed by atoms with van der Waals surface area (Å²) in [6.07, 6.45) is 5.39. The smallest absolute Gasteiger partial charge is 0.298 e. The number of hydrogen-bond donors (Lipinski definition) is 1. The van der Waals surface area contributed by atoms with Crippen molar-refractivity contribution < 1.29 is 4.42 Å². The first-order valence-corrected chi connectivity index (χ1v) is 6.59. The van der Waals surface area contributed by atoms with Gasteiger partial charge in [0.15, 0.2) is 5.58 Å². The van der Waals surface area contributed by atoms with E-state index in [0.717, 1.165) is 23.6 Å². The molecule has 0 unspecified atom stereocenters. The minimum absolute atomic E-state index is 0.697. The number of oxazole rings is 1. The molecular formula is C14H19N3O. The maximum Gasteiger partial charge on any atom is 0.298 e. The molecule has 3 rings (SSSR count). The average Bonchev–Trinajstić information content (AvgIpc) is 2.96. The molecule has 0 radical (unpaired) electrons. The number of rotatable bonds is 3. The Morgan fingerprint density at radius 2 is 2.17 bits per heavy atom. The van der Waals surface area contributed by atoms with E-state index in [1.54, 1.807) is 0 Å². The Kier molecular flexibility index (Phi) is 2.86. The van der Waals surface area contributed by atoms with Crippen molar-refractivity contribution in [1.29, 1.82) is 0 Å². The second kappa shape index (κ2) is 4.52. The molecule has 0 atom stereocenters. The summed E-state index contributed by atoms with van der Waals surface area (Å²) in [4.78, 5) is 6.62. The summed E-state index contributed by atoms with van der Waals surface area (Å²) in [5.74, 6) is 0.787. The van der Waals surface area contributed by atoms with Crippen molar-refractivity contribution >= 4 is 22.8 Å². The van der Waals surface area contributed by atoms with Gasteiger partial charge in [-0.25, -0.2) is 0 Å². The summed E-state index contributed by atoms with van der Waals surface area (Å²) in [5, 5.41) is 0. The van der Waals surface area contributed by atoms with Gasteiger partial charge in [0.25, 0.3) is 6.01 Å². The highest BCUT2D eigenvalue weighted by Crippen LogP contribution is 2.28. The molecular weight excluding hydrogens is 226 g/mol. The molecule has 1 saturated carbocycles. The van der Waals surface area contributed by atoms with Crippen LogP contribution in [0.25, 0.3) is 11.1 Å². The second-order valence-electron chi connectivity index (χ2n) is 5.25. The van der Waals surface area contributed by atoms with E-state index in [9.17, 15) is 0 Å². The molecule has 2 aromatic rings. The first-order chi connectivity index (χ1) is 8.72. The van der Waals surface area contributed by atoms with Gasteiger partial charge in [0, 0.05) is 25.3 Å². The molecule has 4 nitrogen and oxygen atoms in total. The van der Waals surface area contributed by atoms with Gasteiger partial charge in [-0.1, -0.05) is 12.8 Å². The Morgan fingerprint density at radius 1 is 1.39 bits per heavy atom. The van der Waals surface area contributed by atoms with Gasteiger partial charge in [-0.15, -0.1) is 0 Å². The summed E-state index contributed by atoms with van der Waals surface area (Å²) in [7, 11) is 2.05. The molecule has 1 heterocycles. The average molecular weight is 245 g/mol. The number of anilines is 2. The lowest BCUT2D eigenvalue weighted by Crippen LogP contribution is -2.24. The molecule has 4 heteroatoms. The van der Waals surface area contributed by atoms with Gasteiger partial charge in [0.05, 0.1) is 0 Å². The van der Waals surface area contributed by atoms with E-state index >= 15 is 0 Å². The van der Waals surface area contributed by atoms with E-state index in [-0.39, 0.29) is 0 Å². The zero-order chi connectivity index (χ0) is 12.5. The van der Waals surface area contributed by atoms with E-state index < -0.39 is 0 Å². The monoisotopic (exact) mass is 245 g/mol. The summed E-state index contributed by atoms with van der Waals surface area (Å²) >= 11 is 0. The Labute approximate surface area is 107 Å². The topological polar surface area (TPSA) is 55.3 Å². The van der Waals surface area contributed by atoms with E-state index in [4.69, 9.17) is 10.2 Å². The molecule has 1 aliphatic carbocycles. The fraction of sp³-hybridized carbons (Fsp3) is 0.500. The van der Waals surface area contributed by atoms with Crippen molar-refractivity contribution in [3.63, 3.8) is 0 Å². The van der Waals surface area contributed by atoms with E-state index in [1.807, 2.05) is 25.2 Å². The number of fused-ring (bicyclic) bond motifs is 1. The first kappa shape index (κ1) is 11.4. The highest BCUT2D eigenvalue weighted by atomic mass is 16.4. The van der Waals surface area contributed by atoms with Gasteiger partial charge in [0.2, 0.25) is 0 Å². The molecule has 2 N–H and O–H groups in total. The Balaban J connectivity index is 1.80. The summed E-state index contributed by atoms with van der Waals surface area (Å²) in [6, 6.07) is 6.28. The van der Waals surface area contributed by atoms with Crippen molar-refractivity contribution in [2.24, 2.45) is 5.92 Å². The minimum Gasteiger partial charge on any atom is -0.423 e. The third-order valence-electron chi connectivity index (χ3n) is 3.73. The van der Waals surface area contributed by atoms with Crippen LogP contribution in [0, 0.1) is 5.92 Å². The van der Waals surface area contributed by atoms with E-state index in [2.05, 4.69) is 9.88 Å². The normalized spacial score (nSPS) is 16.5. The maximum atomic E-state index is 5.76. The molecule has 96 valence electrons. The van der Waals surface area contributed by atoms with Crippen LogP contribution in [0.5, 0.6) is 0 Å². The van der Waals surface area contributed by atoms with E-state index in [1.165, 1.54) is 25.7 Å². The minimum atomic E-state index is 0.697. The van der Waals surface area contributed by atoms with Crippen molar-refractivity contribution in [3.8, 4) is 0 Å². The fourth-order valence-corrected chi connectivity index (χ4v) is 2.75. The summed E-state index contributed by atoms with van der Waals surface area (Å²) < 4.78 is 5.76. The van der Waals surface area contributed by atoms with Crippen LogP contribution in [0.4, 0.5) is 11.7 Å². The summed E-state index contributed by atoms with van der Waals surface area (Å²) in [5.41, 5.74) is 8.09. The largest absolute Gasteiger partial charge is 0.423 e. The number of nitrogen functional groups attached to an aromatic ring is 1. The van der Waals surface area contributed by atoms with Gasteiger partial charge in [0.1, 0.15) is 5.52 Å². The van der Waals surface area contributed by atoms with E-state index in [0.29, 0.717) is 11.7 Å². The lowest BCUT2D eigenvalue weighted by Gasteiger charge is -2.18. The van der Waals surface area contributed by atoms with Crippen molar-refractivity contribution in [1.82, 2.24) is 4.98 Å². The van der Waals surface area contributed by atoms with Gasteiger partial charge >= 0.3 is 0 Å². The molecule has 18 heavy (non-hydrogen) atoms. The molecule has 0 amide bonds. The molecule has 1 aromatic carbocycles. The standard InChI is InChI=1S/C14H19N3O/c1-17(9-10-4-2-3-5-10)14-16-12-7-6-11(15)8-13(12)18-14/h6-8,10H,2-5,9,15H2,1H3. The van der Waals surface area contributed by atoms with Gasteiger partial charge in [-0.05, 0) is 30.9 Å². The maximum absolute atomic E-state index is 5.76. The molecule has 0 saturated heterocycles. The molecule has 0 bridgehead atoms. The highest BCUT2D eigenvalue weighted by molar-refractivity contribution is 5.78. The number of hydrogen-bond acceptors (Lipinski definition) is 4. The van der Waals surface area contributed by atoms with Gasteiger partial charge < -0.3 is 15.1 Å². The van der Waals surface area contributed by atoms with Crippen molar-refractivity contribution in [2.75, 3.05) is 24.2 Å². The fourth-order valence-electron chi connectivity index (χ4n) is 2.75. The lowest BCUT2D eigenvalue weighted by atomic mass is 10.1. The van der Waals surface area contributed by atoms with Crippen molar-refractivity contribution in [3.05, 3.63) is 18.2 Å². The Morgan fingerprint density at radius 3 is 2.94 bits per heavy atom. The SMILES string of the molecule is CN(CC1CCCC1)c1nc2ccc(N)cc2o1. The second-order valence-corrected chi connectivity index (χ2v) is 5.25. The van der Waals surface area contributed by atoms with Gasteiger partial charge in [-0.3, -0.25) is 0 Å². The quantitative estimate of drug-likeness (QED) is 0.844. The van der Waals surface area contributed by atoms with Crippen LogP contribution in [0.2, 0.25) is 0 Å². The van der Waals surface area contributed by atoms with Crippen LogP contribution in [-0.2, 0) is 0 Å². The lowest BCUT2D eigenvalue weighted by molar-refractivity contribution is 0.509. The summed E-state index contributed by atoms with van der Waals surface area (Å²) in [6.45, 7) is 1.03. The molecule has 1 fully saturated rings. The molecule has 0 spiro atoms. The van der Waals surface area contributed by atoms with Crippen LogP contribution >= 0.6 is 0 Å². The number of benzene rings is 1. The van der Waals surface area contributed by atoms with Crippen LogP contribution in [0.3, 0.4) is 0 Å². The number of nitrogens with zero attached hydrogens (tertiary/aromatic N) is 2. The van der Waals surface area contributed by atoms with Crippen LogP contribution < -0.4 is 10.6 Å². The number of nitrogens with two attached hydrogens (primary N) is 1. The van der Waals surface area contributed by atoms with Crippen LogP contribution in [0.15, 0.2) is 22.6 Å². The third-order valence-corrected chi connectivity index (χ3v) is 3.73. The third kappa shape index (κ3) is 2.15. The van der Waals surface area contributed by atoms with Crippen LogP contribution in [-0.4, -0.2) is 18.6 Å². The van der Waals surface area contributed by atoms with Crippen molar-refractivity contribution in [2.45, 2.75) is 25.7 Å². The van der Waals surface area contributed by atoms with Crippen LogP contribution in [0.1, 0.15) is 25.7 Å². The Bertz CT molecular complexity index is 543. The zero-order valence-corrected chi connectivity index (χ0v) is 10.7. The van der Waals surface area contributed by atoms with Gasteiger partial charge in [-0.2, -0.15) is 4.98 Å². The highest BCUT2D eigenvalue weighted by Gasteiger charge is 2.19. The number of aromatic nitrogens is 1. The predicted octanol–water partition coefficient (Wildman–Crippen LogP) is 3.04. The molecule has 1 aromatic heterocycles. The molecule has 0 aliphatic heterocycles. The first-order valence-electron chi connectivity index (χ1n) is 6.59. The molecule has 1 aliphatic rings. The zero-order valence-electron chi connectivity index (χ0n) is 10.7. The Hall–Kier alpha value is -1.71.